The first-order chi connectivity index (χ1) is 15.3. The third-order valence-electron chi connectivity index (χ3n) is 4.61. The Morgan fingerprint density at radius 2 is 1.72 bits per heavy atom. The molecule has 0 aliphatic rings. The Labute approximate surface area is 186 Å². The van der Waals surface area contributed by atoms with Gasteiger partial charge >= 0.3 is 6.09 Å². The number of carbonyl (C=O) groups excluding carboxylic acids is 2. The number of hydrogen-bond acceptors (Lipinski definition) is 5. The molecule has 0 aliphatic carbocycles. The zero-order chi connectivity index (χ0) is 23.1. The summed E-state index contributed by atoms with van der Waals surface area (Å²) in [5.74, 6) is -0.412. The fraction of sp³-hybridized carbons (Fsp3) is 0.167. The van der Waals surface area contributed by atoms with Gasteiger partial charge in [0.05, 0.1) is 11.4 Å². The van der Waals surface area contributed by atoms with E-state index in [1.54, 1.807) is 42.5 Å². The van der Waals surface area contributed by atoms with Crippen LogP contribution in [-0.4, -0.2) is 44.1 Å². The van der Waals surface area contributed by atoms with Crippen molar-refractivity contribution >= 4 is 23.4 Å². The van der Waals surface area contributed by atoms with Gasteiger partial charge in [-0.1, -0.05) is 18.2 Å². The van der Waals surface area contributed by atoms with E-state index in [-0.39, 0.29) is 11.7 Å². The third-order valence-corrected chi connectivity index (χ3v) is 4.61. The molecule has 0 heterocycles. The molecule has 32 heavy (non-hydrogen) atoms. The van der Waals surface area contributed by atoms with Crippen LogP contribution in [0.25, 0.3) is 11.1 Å². The zero-order valence-corrected chi connectivity index (χ0v) is 17.9. The van der Waals surface area contributed by atoms with Crippen LogP contribution in [0.3, 0.4) is 0 Å². The van der Waals surface area contributed by atoms with Gasteiger partial charge in [-0.05, 0) is 73.8 Å². The topological polar surface area (TPSA) is 96.7 Å². The number of carbonyl (C=O) groups is 2. The minimum Gasteiger partial charge on any atom is -0.410 e. The molecule has 0 fully saturated rings. The first-order valence-corrected chi connectivity index (χ1v) is 9.99. The Hall–Kier alpha value is -3.91. The molecule has 0 radical (unpaired) electrons. The van der Waals surface area contributed by atoms with Crippen molar-refractivity contribution in [3.63, 3.8) is 0 Å². The second-order valence-electron chi connectivity index (χ2n) is 7.41. The largest absolute Gasteiger partial charge is 0.412 e. The first-order valence-electron chi connectivity index (χ1n) is 9.99. The predicted octanol–water partition coefficient (Wildman–Crippen LogP) is 3.98. The van der Waals surface area contributed by atoms with Crippen LogP contribution in [0.2, 0.25) is 0 Å². The van der Waals surface area contributed by atoms with E-state index >= 15 is 0 Å². The molecule has 3 aromatic carbocycles. The number of nitrogens with two attached hydrogens (primary N) is 1. The van der Waals surface area contributed by atoms with Crippen LogP contribution in [0.15, 0.2) is 66.7 Å². The second kappa shape index (κ2) is 10.4. The third kappa shape index (κ3) is 6.29. The van der Waals surface area contributed by atoms with Gasteiger partial charge in [-0.3, -0.25) is 4.79 Å². The van der Waals surface area contributed by atoms with Gasteiger partial charge in [0.25, 0.3) is 5.91 Å². The highest BCUT2D eigenvalue weighted by Crippen LogP contribution is 2.28. The summed E-state index contributed by atoms with van der Waals surface area (Å²) in [5, 5.41) is 5.41. The number of nitrogens with one attached hydrogen (secondary N) is 2. The van der Waals surface area contributed by atoms with E-state index in [0.29, 0.717) is 41.3 Å². The fourth-order valence-corrected chi connectivity index (χ4v) is 2.91. The molecule has 0 unspecified atom stereocenters. The van der Waals surface area contributed by atoms with Gasteiger partial charge in [0, 0.05) is 18.7 Å². The van der Waals surface area contributed by atoms with E-state index in [4.69, 9.17) is 10.5 Å². The Morgan fingerprint density at radius 3 is 2.41 bits per heavy atom. The van der Waals surface area contributed by atoms with Crippen LogP contribution in [-0.2, 0) is 0 Å². The molecule has 0 aliphatic heterocycles. The van der Waals surface area contributed by atoms with Crippen LogP contribution < -0.4 is 21.1 Å². The van der Waals surface area contributed by atoms with Crippen molar-refractivity contribution in [1.82, 2.24) is 10.2 Å². The summed E-state index contributed by atoms with van der Waals surface area (Å²) < 4.78 is 18.7. The molecule has 3 rings (SSSR count). The number of benzene rings is 3. The quantitative estimate of drug-likeness (QED) is 0.487. The number of likely N-dealkylation sites (N-methyl/N-ethyl adjacent to an activating group) is 1. The SMILES string of the molecule is CN(C)CCNC(=O)Oc1ccc(C(=O)Nc2cc(-c3cccc(F)c3)ccc2N)cc1. The number of ether oxygens (including phenoxy) is 1. The molecular weight excluding hydrogens is 411 g/mol. The number of nitrogens with zero attached hydrogens (tertiary/aromatic N) is 1. The lowest BCUT2D eigenvalue weighted by Crippen LogP contribution is -2.33. The minimum atomic E-state index is -0.564. The number of nitrogen functional groups attached to an aromatic ring is 1. The number of anilines is 2. The molecule has 0 saturated heterocycles. The van der Waals surface area contributed by atoms with Crippen LogP contribution in [0.5, 0.6) is 5.75 Å². The van der Waals surface area contributed by atoms with Gasteiger partial charge < -0.3 is 26.0 Å². The second-order valence-corrected chi connectivity index (χ2v) is 7.41. The van der Waals surface area contributed by atoms with Crippen molar-refractivity contribution in [3.8, 4) is 16.9 Å². The minimum absolute atomic E-state index is 0.316. The van der Waals surface area contributed by atoms with Crippen molar-refractivity contribution < 1.29 is 18.7 Å². The highest BCUT2D eigenvalue weighted by molar-refractivity contribution is 6.06. The van der Waals surface area contributed by atoms with Crippen molar-refractivity contribution in [2.45, 2.75) is 0 Å². The molecule has 2 amide bonds. The van der Waals surface area contributed by atoms with Crippen LogP contribution in [0.4, 0.5) is 20.6 Å². The van der Waals surface area contributed by atoms with E-state index in [1.807, 2.05) is 19.0 Å². The summed E-state index contributed by atoms with van der Waals surface area (Å²) >= 11 is 0. The summed E-state index contributed by atoms with van der Waals surface area (Å²) in [5.41, 5.74) is 8.56. The Bertz CT molecular complexity index is 1100. The predicted molar refractivity (Wildman–Crippen MR) is 123 cm³/mol. The smallest absolute Gasteiger partial charge is 0.410 e. The van der Waals surface area contributed by atoms with Crippen molar-refractivity contribution in [3.05, 3.63) is 78.1 Å². The Kier molecular flexibility index (Phi) is 7.41. The summed E-state index contributed by atoms with van der Waals surface area (Å²) in [6, 6.07) is 17.4. The molecule has 0 spiro atoms. The van der Waals surface area contributed by atoms with Gasteiger partial charge in [0.1, 0.15) is 11.6 Å². The van der Waals surface area contributed by atoms with Gasteiger partial charge in [0.15, 0.2) is 0 Å². The normalized spacial score (nSPS) is 10.6. The number of hydrogen-bond donors (Lipinski definition) is 3. The summed E-state index contributed by atoms with van der Waals surface area (Å²) in [6.07, 6.45) is -0.564. The van der Waals surface area contributed by atoms with Crippen molar-refractivity contribution in [2.24, 2.45) is 0 Å². The zero-order valence-electron chi connectivity index (χ0n) is 17.9. The van der Waals surface area contributed by atoms with E-state index in [9.17, 15) is 14.0 Å². The maximum Gasteiger partial charge on any atom is 0.412 e. The lowest BCUT2D eigenvalue weighted by Gasteiger charge is -2.12. The molecule has 8 heteroatoms. The van der Waals surface area contributed by atoms with Crippen LogP contribution in [0, 0.1) is 5.82 Å². The molecule has 0 saturated carbocycles. The van der Waals surface area contributed by atoms with Gasteiger partial charge in [-0.25, -0.2) is 9.18 Å². The van der Waals surface area contributed by atoms with E-state index in [2.05, 4.69) is 10.6 Å². The Balaban J connectivity index is 1.64. The maximum absolute atomic E-state index is 13.5. The van der Waals surface area contributed by atoms with E-state index in [0.717, 1.165) is 5.56 Å². The molecule has 0 aromatic heterocycles. The first kappa shape index (κ1) is 22.8. The lowest BCUT2D eigenvalue weighted by atomic mass is 10.0. The van der Waals surface area contributed by atoms with Gasteiger partial charge in [-0.15, -0.1) is 0 Å². The molecule has 4 N–H and O–H groups in total. The molecule has 3 aromatic rings. The average Bonchev–Trinajstić information content (AvgIpc) is 2.75. The average molecular weight is 436 g/mol. The number of halogens is 1. The fourth-order valence-electron chi connectivity index (χ4n) is 2.91. The molecule has 0 atom stereocenters. The molecule has 7 nitrogen and oxygen atoms in total. The standard InChI is InChI=1S/C24H25FN4O3/c1-29(2)13-12-27-24(31)32-20-9-6-16(7-10-20)23(30)28-22-15-18(8-11-21(22)26)17-4-3-5-19(25)14-17/h3-11,14-15H,12-13,26H2,1-2H3,(H,27,31)(H,28,30). The highest BCUT2D eigenvalue weighted by atomic mass is 19.1. The van der Waals surface area contributed by atoms with Gasteiger partial charge in [0.2, 0.25) is 0 Å². The number of amides is 2. The van der Waals surface area contributed by atoms with E-state index in [1.165, 1.54) is 24.3 Å². The lowest BCUT2D eigenvalue weighted by molar-refractivity contribution is 0.102. The van der Waals surface area contributed by atoms with Gasteiger partial charge in [-0.2, -0.15) is 0 Å². The monoisotopic (exact) mass is 436 g/mol. The summed E-state index contributed by atoms with van der Waals surface area (Å²) in [6.45, 7) is 1.15. The summed E-state index contributed by atoms with van der Waals surface area (Å²) in [4.78, 5) is 26.4. The van der Waals surface area contributed by atoms with Crippen LogP contribution >= 0.6 is 0 Å². The van der Waals surface area contributed by atoms with Crippen molar-refractivity contribution in [1.29, 1.82) is 0 Å². The molecule has 0 bridgehead atoms. The number of rotatable bonds is 7. The van der Waals surface area contributed by atoms with E-state index < -0.39 is 6.09 Å². The van der Waals surface area contributed by atoms with Crippen LogP contribution in [0.1, 0.15) is 10.4 Å². The van der Waals surface area contributed by atoms with Crippen molar-refractivity contribution in [2.75, 3.05) is 38.2 Å². The maximum atomic E-state index is 13.5. The molecule has 166 valence electrons. The molecular formula is C24H25FN4O3. The summed E-state index contributed by atoms with van der Waals surface area (Å²) in [7, 11) is 3.81. The Morgan fingerprint density at radius 1 is 1.00 bits per heavy atom. The highest BCUT2D eigenvalue weighted by Gasteiger charge is 2.11.